The minimum Gasteiger partial charge on any atom is -0.462 e. The fourth-order valence-electron chi connectivity index (χ4n) is 2.28. The maximum absolute atomic E-state index is 11.6. The van der Waals surface area contributed by atoms with Crippen molar-refractivity contribution >= 4 is 11.9 Å². The van der Waals surface area contributed by atoms with Gasteiger partial charge in [0.25, 0.3) is 0 Å². The number of carbonyl (C=O) groups is 2. The normalized spacial score (nSPS) is 23.2. The Balaban J connectivity index is 2.21. The maximum atomic E-state index is 11.6. The van der Waals surface area contributed by atoms with Gasteiger partial charge >= 0.3 is 11.9 Å². The summed E-state index contributed by atoms with van der Waals surface area (Å²) >= 11 is 0. The zero-order valence-electron chi connectivity index (χ0n) is 12.3. The number of hydrogen-bond acceptors (Lipinski definition) is 4. The van der Waals surface area contributed by atoms with Crippen LogP contribution in [0.15, 0.2) is 0 Å². The molecular weight excluding hydrogens is 244 g/mol. The smallest absolute Gasteiger partial charge is 0.306 e. The molecule has 0 heterocycles. The summed E-state index contributed by atoms with van der Waals surface area (Å²) in [5.41, 5.74) is 0. The first kappa shape index (κ1) is 16.0. The molecule has 0 unspecified atom stereocenters. The van der Waals surface area contributed by atoms with E-state index in [0.717, 1.165) is 32.1 Å². The number of rotatable bonds is 6. The van der Waals surface area contributed by atoms with E-state index in [2.05, 4.69) is 0 Å². The lowest BCUT2D eigenvalue weighted by atomic mass is 9.95. The van der Waals surface area contributed by atoms with Crippen molar-refractivity contribution in [3.63, 3.8) is 0 Å². The van der Waals surface area contributed by atoms with Crippen LogP contribution in [0.3, 0.4) is 0 Å². The summed E-state index contributed by atoms with van der Waals surface area (Å²) in [6.45, 7) is 5.98. The number of ether oxygens (including phenoxy) is 2. The molecule has 0 amide bonds. The third-order valence-corrected chi connectivity index (χ3v) is 3.25. The van der Waals surface area contributed by atoms with Crippen molar-refractivity contribution in [2.45, 2.75) is 77.9 Å². The second-order valence-corrected chi connectivity index (χ2v) is 5.73. The van der Waals surface area contributed by atoms with Crippen molar-refractivity contribution in [2.75, 3.05) is 0 Å². The molecule has 0 spiro atoms. The van der Waals surface area contributed by atoms with Crippen molar-refractivity contribution in [3.05, 3.63) is 0 Å². The van der Waals surface area contributed by atoms with E-state index in [1.807, 2.05) is 20.8 Å². The van der Waals surface area contributed by atoms with Gasteiger partial charge in [-0.05, 0) is 38.0 Å². The van der Waals surface area contributed by atoms with Gasteiger partial charge in [0.05, 0.1) is 0 Å². The van der Waals surface area contributed by atoms with E-state index in [1.54, 1.807) is 0 Å². The van der Waals surface area contributed by atoms with E-state index in [4.69, 9.17) is 9.47 Å². The van der Waals surface area contributed by atoms with Gasteiger partial charge in [0.1, 0.15) is 12.2 Å². The first-order valence-electron chi connectivity index (χ1n) is 7.40. The Morgan fingerprint density at radius 3 is 1.89 bits per heavy atom. The van der Waals surface area contributed by atoms with Gasteiger partial charge in [-0.3, -0.25) is 9.59 Å². The summed E-state index contributed by atoms with van der Waals surface area (Å²) in [6.07, 6.45) is 5.01. The Labute approximate surface area is 115 Å². The molecule has 1 rings (SSSR count). The Morgan fingerprint density at radius 2 is 1.47 bits per heavy atom. The lowest BCUT2D eigenvalue weighted by molar-refractivity contribution is -0.158. The predicted molar refractivity (Wildman–Crippen MR) is 72.6 cm³/mol. The highest BCUT2D eigenvalue weighted by molar-refractivity contribution is 5.70. The maximum Gasteiger partial charge on any atom is 0.306 e. The third-order valence-electron chi connectivity index (χ3n) is 3.25. The zero-order chi connectivity index (χ0) is 14.3. The molecule has 19 heavy (non-hydrogen) atoms. The van der Waals surface area contributed by atoms with E-state index in [0.29, 0.717) is 18.8 Å². The molecule has 0 atom stereocenters. The van der Waals surface area contributed by atoms with Gasteiger partial charge in [0.2, 0.25) is 0 Å². The van der Waals surface area contributed by atoms with Gasteiger partial charge in [0, 0.05) is 12.8 Å². The Hall–Kier alpha value is -1.06. The van der Waals surface area contributed by atoms with Gasteiger partial charge in [-0.15, -0.1) is 0 Å². The van der Waals surface area contributed by atoms with E-state index in [-0.39, 0.29) is 24.1 Å². The van der Waals surface area contributed by atoms with E-state index in [1.165, 1.54) is 0 Å². The standard InChI is InChI=1S/C15H26O4/c1-4-5-14(16)18-12-6-8-13(9-7-12)19-15(17)10-11(2)3/h11-13H,4-10H2,1-3H3/t12-,13+. The first-order chi connectivity index (χ1) is 9.01. The third kappa shape index (κ3) is 6.60. The van der Waals surface area contributed by atoms with E-state index in [9.17, 15) is 9.59 Å². The largest absolute Gasteiger partial charge is 0.462 e. The highest BCUT2D eigenvalue weighted by Gasteiger charge is 2.26. The summed E-state index contributed by atoms with van der Waals surface area (Å²) < 4.78 is 10.8. The van der Waals surface area contributed by atoms with E-state index < -0.39 is 0 Å². The van der Waals surface area contributed by atoms with Crippen LogP contribution >= 0.6 is 0 Å². The molecule has 110 valence electrons. The minimum absolute atomic E-state index is 0.00683. The Bertz CT molecular complexity index is 291. The van der Waals surface area contributed by atoms with Crippen LogP contribution in [0, 0.1) is 5.92 Å². The minimum atomic E-state index is -0.110. The van der Waals surface area contributed by atoms with Crippen LogP contribution in [0.1, 0.15) is 65.7 Å². The molecule has 0 radical (unpaired) electrons. The van der Waals surface area contributed by atoms with Crippen molar-refractivity contribution in [3.8, 4) is 0 Å². The molecule has 1 aliphatic rings. The fourth-order valence-corrected chi connectivity index (χ4v) is 2.28. The quantitative estimate of drug-likeness (QED) is 0.695. The van der Waals surface area contributed by atoms with Gasteiger partial charge < -0.3 is 9.47 Å². The molecule has 0 aromatic heterocycles. The molecule has 0 saturated heterocycles. The fraction of sp³-hybridized carbons (Fsp3) is 0.867. The van der Waals surface area contributed by atoms with Crippen LogP contribution in [-0.2, 0) is 19.1 Å². The highest BCUT2D eigenvalue weighted by atomic mass is 16.6. The molecule has 4 heteroatoms. The number of esters is 2. The summed E-state index contributed by atoms with van der Waals surface area (Å²) in [4.78, 5) is 22.9. The lowest BCUT2D eigenvalue weighted by Gasteiger charge is -2.28. The van der Waals surface area contributed by atoms with Crippen LogP contribution in [-0.4, -0.2) is 24.1 Å². The van der Waals surface area contributed by atoms with E-state index >= 15 is 0 Å². The van der Waals surface area contributed by atoms with Crippen LogP contribution < -0.4 is 0 Å². The monoisotopic (exact) mass is 270 g/mol. The molecular formula is C15H26O4. The highest BCUT2D eigenvalue weighted by Crippen LogP contribution is 2.24. The number of hydrogen-bond donors (Lipinski definition) is 0. The van der Waals surface area contributed by atoms with Gasteiger partial charge in [-0.25, -0.2) is 0 Å². The van der Waals surface area contributed by atoms with Crippen LogP contribution in [0.4, 0.5) is 0 Å². The molecule has 0 aromatic rings. The van der Waals surface area contributed by atoms with Gasteiger partial charge in [0.15, 0.2) is 0 Å². The topological polar surface area (TPSA) is 52.6 Å². The van der Waals surface area contributed by atoms with Crippen LogP contribution in [0.5, 0.6) is 0 Å². The van der Waals surface area contributed by atoms with Crippen molar-refractivity contribution in [2.24, 2.45) is 5.92 Å². The molecule has 1 aliphatic carbocycles. The van der Waals surface area contributed by atoms with Gasteiger partial charge in [-0.2, -0.15) is 0 Å². The second kappa shape index (κ2) is 8.18. The number of carbonyl (C=O) groups excluding carboxylic acids is 2. The van der Waals surface area contributed by atoms with Crippen molar-refractivity contribution in [1.82, 2.24) is 0 Å². The second-order valence-electron chi connectivity index (χ2n) is 5.73. The summed E-state index contributed by atoms with van der Waals surface area (Å²) in [5, 5.41) is 0. The van der Waals surface area contributed by atoms with Crippen LogP contribution in [0.2, 0.25) is 0 Å². The average molecular weight is 270 g/mol. The van der Waals surface area contributed by atoms with Crippen molar-refractivity contribution in [1.29, 1.82) is 0 Å². The molecule has 0 bridgehead atoms. The molecule has 0 aliphatic heterocycles. The van der Waals surface area contributed by atoms with Crippen molar-refractivity contribution < 1.29 is 19.1 Å². The summed E-state index contributed by atoms with van der Waals surface area (Å²) in [7, 11) is 0. The Kier molecular flexibility index (Phi) is 6.89. The van der Waals surface area contributed by atoms with Gasteiger partial charge in [-0.1, -0.05) is 20.8 Å². The molecule has 1 saturated carbocycles. The SMILES string of the molecule is CCCC(=O)O[C@H]1CC[C@@H](OC(=O)CC(C)C)CC1. The first-order valence-corrected chi connectivity index (χ1v) is 7.40. The summed E-state index contributed by atoms with van der Waals surface area (Å²) in [6, 6.07) is 0. The predicted octanol–water partition coefficient (Wildman–Crippen LogP) is 3.23. The molecule has 0 aromatic carbocycles. The zero-order valence-corrected chi connectivity index (χ0v) is 12.3. The molecule has 0 N–H and O–H groups in total. The summed E-state index contributed by atoms with van der Waals surface area (Å²) in [5.74, 6) is 0.114. The lowest BCUT2D eigenvalue weighted by Crippen LogP contribution is -2.29. The average Bonchev–Trinajstić information content (AvgIpc) is 2.31. The van der Waals surface area contributed by atoms with Crippen LogP contribution in [0.25, 0.3) is 0 Å². The molecule has 4 nitrogen and oxygen atoms in total. The Morgan fingerprint density at radius 1 is 1.00 bits per heavy atom. The molecule has 1 fully saturated rings.